The Morgan fingerprint density at radius 2 is 1.97 bits per heavy atom. The topological polar surface area (TPSA) is 107 Å². The third-order valence-corrected chi connectivity index (χ3v) is 8.55. The van der Waals surface area contributed by atoms with E-state index in [1.165, 1.54) is 12.1 Å². The highest BCUT2D eigenvalue weighted by atomic mass is 32.2. The van der Waals surface area contributed by atoms with Gasteiger partial charge in [-0.15, -0.1) is 5.10 Å². The summed E-state index contributed by atoms with van der Waals surface area (Å²) in [4.78, 5) is 9.61. The first-order valence-electron chi connectivity index (χ1n) is 13.2. The van der Waals surface area contributed by atoms with Crippen LogP contribution in [0.3, 0.4) is 0 Å². The molecule has 6 atom stereocenters. The van der Waals surface area contributed by atoms with Gasteiger partial charge in [0.05, 0.1) is 12.1 Å². The number of halogens is 2. The van der Waals surface area contributed by atoms with Gasteiger partial charge in [0.15, 0.2) is 39.6 Å². The third-order valence-electron chi connectivity index (χ3n) is 7.62. The minimum absolute atomic E-state index is 0.00328. The van der Waals surface area contributed by atoms with Crippen LogP contribution in [0, 0.1) is 17.6 Å². The van der Waals surface area contributed by atoms with E-state index in [4.69, 9.17) is 19.4 Å². The van der Waals surface area contributed by atoms with Crippen LogP contribution >= 0.6 is 11.8 Å². The zero-order valence-electron chi connectivity index (χ0n) is 21.6. The van der Waals surface area contributed by atoms with Crippen LogP contribution in [0.15, 0.2) is 23.4 Å². The van der Waals surface area contributed by atoms with Gasteiger partial charge in [-0.2, -0.15) is 0 Å². The fourth-order valence-corrected chi connectivity index (χ4v) is 6.55. The van der Waals surface area contributed by atoms with Gasteiger partial charge in [0.1, 0.15) is 6.10 Å². The molecule has 1 aromatic carbocycles. The predicted octanol–water partition coefficient (Wildman–Crippen LogP) is 4.43. The van der Waals surface area contributed by atoms with Crippen molar-refractivity contribution in [2.45, 2.75) is 87.6 Å². The number of rotatable bonds is 9. The lowest BCUT2D eigenvalue weighted by Gasteiger charge is -2.23. The molecule has 204 valence electrons. The molecule has 1 aliphatic heterocycles. The second-order valence-corrected chi connectivity index (χ2v) is 11.9. The number of unbranched alkanes of at least 4 members (excludes halogenated alkanes) is 1. The van der Waals surface area contributed by atoms with Gasteiger partial charge in [0.2, 0.25) is 0 Å². The van der Waals surface area contributed by atoms with E-state index in [1.54, 1.807) is 22.5 Å². The van der Waals surface area contributed by atoms with Gasteiger partial charge in [-0.3, -0.25) is 0 Å². The summed E-state index contributed by atoms with van der Waals surface area (Å²) >= 11 is 1.58. The summed E-state index contributed by atoms with van der Waals surface area (Å²) in [7, 11) is 0. The molecule has 2 aliphatic carbocycles. The molecular formula is C26H32F2N6O3S. The Bertz CT molecular complexity index is 1340. The maximum Gasteiger partial charge on any atom is 0.191 e. The molecule has 3 aromatic rings. The van der Waals surface area contributed by atoms with E-state index in [0.29, 0.717) is 28.6 Å². The largest absolute Gasteiger partial charge is 0.396 e. The molecule has 0 bridgehead atoms. The van der Waals surface area contributed by atoms with E-state index < -0.39 is 17.4 Å². The van der Waals surface area contributed by atoms with E-state index >= 15 is 0 Å². The third kappa shape index (κ3) is 4.76. The number of hydrogen-bond acceptors (Lipinski definition) is 9. The lowest BCUT2D eigenvalue weighted by Crippen LogP contribution is -2.28. The first kappa shape index (κ1) is 25.8. The molecule has 0 amide bonds. The average Bonchev–Trinajstić information content (AvgIpc) is 3.21. The summed E-state index contributed by atoms with van der Waals surface area (Å²) in [5.41, 5.74) is 1.89. The van der Waals surface area contributed by atoms with Crippen LogP contribution in [0.5, 0.6) is 0 Å². The van der Waals surface area contributed by atoms with Crippen molar-refractivity contribution in [1.82, 2.24) is 25.0 Å². The highest BCUT2D eigenvalue weighted by molar-refractivity contribution is 7.99. The first-order chi connectivity index (χ1) is 18.3. The van der Waals surface area contributed by atoms with Crippen LogP contribution in [-0.4, -0.2) is 66.5 Å². The van der Waals surface area contributed by atoms with Gasteiger partial charge >= 0.3 is 0 Å². The normalized spacial score (nSPS) is 29.6. The first-order valence-corrected chi connectivity index (χ1v) is 14.2. The second-order valence-electron chi connectivity index (χ2n) is 10.8. The van der Waals surface area contributed by atoms with Crippen LogP contribution in [0.4, 0.5) is 14.6 Å². The standard InChI is InChI=1S/C26H32F2N6O3S/c1-4-5-8-38-25-30-23(29-18-11-15(18)13-6-7-16(27)17(28)9-13)20-24(31-25)34(33-32-20)19-10-14(12-35)21-22(19)37-26(2,3)36-21/h6-7,9,14-15,18-19,21-22,35H,4-5,8,10-12H2,1-3H3,(H,29,30,31)/t14-,15+,18-,19-,21-,22+/m1/s1. The van der Waals surface area contributed by atoms with Gasteiger partial charge in [0, 0.05) is 30.2 Å². The minimum Gasteiger partial charge on any atom is -0.396 e. The molecule has 12 heteroatoms. The van der Waals surface area contributed by atoms with Crippen LogP contribution < -0.4 is 5.32 Å². The lowest BCUT2D eigenvalue weighted by atomic mass is 10.1. The van der Waals surface area contributed by atoms with Gasteiger partial charge < -0.3 is 19.9 Å². The number of hydrogen-bond donors (Lipinski definition) is 2. The Kier molecular flexibility index (Phi) is 6.78. The Morgan fingerprint density at radius 1 is 1.16 bits per heavy atom. The van der Waals surface area contributed by atoms with E-state index in [-0.39, 0.29) is 42.7 Å². The molecule has 0 radical (unpaired) electrons. The Hall–Kier alpha value is -2.41. The Morgan fingerprint density at radius 3 is 2.74 bits per heavy atom. The Balaban J connectivity index is 1.31. The number of thioether (sulfide) groups is 1. The van der Waals surface area contributed by atoms with E-state index in [2.05, 4.69) is 22.6 Å². The minimum atomic E-state index is -0.848. The molecular weight excluding hydrogens is 514 g/mol. The summed E-state index contributed by atoms with van der Waals surface area (Å²) in [6, 6.07) is 3.87. The predicted molar refractivity (Wildman–Crippen MR) is 138 cm³/mol. The van der Waals surface area contributed by atoms with Crippen molar-refractivity contribution in [3.63, 3.8) is 0 Å². The van der Waals surface area contributed by atoms with Crippen molar-refractivity contribution in [3.05, 3.63) is 35.4 Å². The molecule has 2 saturated carbocycles. The van der Waals surface area contributed by atoms with Crippen LogP contribution in [-0.2, 0) is 9.47 Å². The summed E-state index contributed by atoms with van der Waals surface area (Å²) in [5.74, 6) is -1.00. The molecule has 2 aromatic heterocycles. The molecule has 38 heavy (non-hydrogen) atoms. The molecule has 1 saturated heterocycles. The summed E-state index contributed by atoms with van der Waals surface area (Å²) < 4.78 is 41.4. The number of benzene rings is 1. The molecule has 6 rings (SSSR count). The van der Waals surface area contributed by atoms with Crippen LogP contribution in [0.2, 0.25) is 0 Å². The quantitative estimate of drug-likeness (QED) is 0.229. The number of nitrogens with zero attached hydrogens (tertiary/aromatic N) is 5. The molecule has 9 nitrogen and oxygen atoms in total. The van der Waals surface area contributed by atoms with Gasteiger partial charge in [-0.25, -0.2) is 23.4 Å². The van der Waals surface area contributed by atoms with Gasteiger partial charge in [-0.05, 0) is 50.8 Å². The fraction of sp³-hybridized carbons (Fsp3) is 0.615. The molecule has 3 aliphatic rings. The van der Waals surface area contributed by atoms with Crippen molar-refractivity contribution in [1.29, 1.82) is 0 Å². The SMILES string of the molecule is CCCCSc1nc(N[C@@H]2C[C@H]2c2ccc(F)c(F)c2)c2nnn([C@@H]3C[C@H](CO)[C@H]4OC(C)(C)O[C@H]43)c2n1. The highest BCUT2D eigenvalue weighted by Crippen LogP contribution is 2.48. The van der Waals surface area contributed by atoms with E-state index in [1.807, 2.05) is 13.8 Å². The smallest absolute Gasteiger partial charge is 0.191 e. The highest BCUT2D eigenvalue weighted by Gasteiger charge is 2.55. The number of ether oxygens (including phenoxy) is 2. The van der Waals surface area contributed by atoms with Crippen molar-refractivity contribution >= 4 is 28.7 Å². The van der Waals surface area contributed by atoms with Crippen molar-refractivity contribution in [2.24, 2.45) is 5.92 Å². The summed E-state index contributed by atoms with van der Waals surface area (Å²) in [6.45, 7) is 5.89. The number of fused-ring (bicyclic) bond motifs is 2. The maximum absolute atomic E-state index is 13.8. The zero-order valence-corrected chi connectivity index (χ0v) is 22.4. The molecule has 0 unspecified atom stereocenters. The van der Waals surface area contributed by atoms with Crippen LogP contribution in [0.1, 0.15) is 64.0 Å². The molecule has 3 heterocycles. The average molecular weight is 547 g/mol. The van der Waals surface area contributed by atoms with Crippen molar-refractivity contribution in [3.8, 4) is 0 Å². The van der Waals surface area contributed by atoms with E-state index in [0.717, 1.165) is 30.6 Å². The molecule has 3 fully saturated rings. The fourth-order valence-electron chi connectivity index (χ4n) is 5.62. The maximum atomic E-state index is 13.8. The number of aromatic nitrogens is 5. The Labute approximate surface area is 223 Å². The molecule has 0 spiro atoms. The molecule has 2 N–H and O–H groups in total. The summed E-state index contributed by atoms with van der Waals surface area (Å²) in [5, 5.41) is 23.0. The van der Waals surface area contributed by atoms with Gasteiger partial charge in [-0.1, -0.05) is 36.4 Å². The number of aliphatic hydroxyl groups is 1. The lowest BCUT2D eigenvalue weighted by molar-refractivity contribution is -0.162. The number of anilines is 1. The summed E-state index contributed by atoms with van der Waals surface area (Å²) in [6.07, 6.45) is 2.99. The number of aliphatic hydroxyl groups excluding tert-OH is 1. The monoisotopic (exact) mass is 546 g/mol. The number of nitrogens with one attached hydrogen (secondary N) is 1. The van der Waals surface area contributed by atoms with Crippen molar-refractivity contribution < 1.29 is 23.4 Å². The zero-order chi connectivity index (χ0) is 26.6. The van der Waals surface area contributed by atoms with E-state index in [9.17, 15) is 13.9 Å². The van der Waals surface area contributed by atoms with Gasteiger partial charge in [0.25, 0.3) is 0 Å². The van der Waals surface area contributed by atoms with Crippen LogP contribution in [0.25, 0.3) is 11.2 Å². The van der Waals surface area contributed by atoms with Crippen molar-refractivity contribution in [2.75, 3.05) is 17.7 Å². The second kappa shape index (κ2) is 9.96.